The Balaban J connectivity index is 1.81. The van der Waals surface area contributed by atoms with Gasteiger partial charge in [-0.05, 0) is 57.9 Å². The monoisotopic (exact) mass is 330 g/mol. The number of Topliss-reactive ketones (excluding diaryl/α,β-unsaturated/α-hetero) is 1. The molecule has 0 aromatic heterocycles. The van der Waals surface area contributed by atoms with Crippen molar-refractivity contribution in [2.75, 3.05) is 0 Å². The second-order valence-electron chi connectivity index (χ2n) is 8.03. The van der Waals surface area contributed by atoms with Crippen LogP contribution in [0, 0.1) is 11.8 Å². The van der Waals surface area contributed by atoms with E-state index in [2.05, 4.69) is 33.1 Å². The lowest BCUT2D eigenvalue weighted by molar-refractivity contribution is -0.132. The van der Waals surface area contributed by atoms with Gasteiger partial charge in [0.05, 0.1) is 11.7 Å². The van der Waals surface area contributed by atoms with Gasteiger partial charge in [-0.2, -0.15) is 0 Å². The highest BCUT2D eigenvalue weighted by molar-refractivity contribution is 5.86. The fourth-order valence-corrected chi connectivity index (χ4v) is 4.08. The van der Waals surface area contributed by atoms with Crippen molar-refractivity contribution < 1.29 is 14.3 Å². The predicted molar refractivity (Wildman–Crippen MR) is 95.6 cm³/mol. The van der Waals surface area contributed by atoms with Crippen molar-refractivity contribution in [1.29, 1.82) is 0 Å². The maximum Gasteiger partial charge on any atom is 0.176 e. The SMILES string of the molecule is C=C1O[C@H]2C(=O)[C@@H](C)CCC/C(C)=C/CC[C@@]3(C)O[C@@H]3C[C@H]2C1=C. The fourth-order valence-electron chi connectivity index (χ4n) is 4.08. The summed E-state index contributed by atoms with van der Waals surface area (Å²) in [5.74, 6) is 0.800. The van der Waals surface area contributed by atoms with Crippen molar-refractivity contribution in [2.24, 2.45) is 11.8 Å². The number of ether oxygens (including phenoxy) is 2. The van der Waals surface area contributed by atoms with E-state index in [0.29, 0.717) is 5.76 Å². The van der Waals surface area contributed by atoms with Crippen molar-refractivity contribution in [1.82, 2.24) is 0 Å². The maximum absolute atomic E-state index is 12.9. The number of rotatable bonds is 0. The van der Waals surface area contributed by atoms with E-state index in [-0.39, 0.29) is 29.3 Å². The summed E-state index contributed by atoms with van der Waals surface area (Å²) in [7, 11) is 0. The summed E-state index contributed by atoms with van der Waals surface area (Å²) >= 11 is 0. The Kier molecular flexibility index (Phi) is 4.74. The molecule has 0 radical (unpaired) electrons. The number of carbonyl (C=O) groups excluding carboxylic acids is 1. The zero-order valence-corrected chi connectivity index (χ0v) is 15.3. The molecule has 24 heavy (non-hydrogen) atoms. The highest BCUT2D eigenvalue weighted by Crippen LogP contribution is 2.48. The first-order chi connectivity index (χ1) is 11.3. The van der Waals surface area contributed by atoms with Crippen LogP contribution in [0.4, 0.5) is 0 Å². The number of allylic oxidation sites excluding steroid dienone is 3. The summed E-state index contributed by atoms with van der Waals surface area (Å²) in [6.45, 7) is 14.5. The minimum absolute atomic E-state index is 0.0124. The van der Waals surface area contributed by atoms with Crippen molar-refractivity contribution in [3.63, 3.8) is 0 Å². The van der Waals surface area contributed by atoms with Crippen LogP contribution >= 0.6 is 0 Å². The van der Waals surface area contributed by atoms with E-state index in [9.17, 15) is 4.79 Å². The molecule has 132 valence electrons. The van der Waals surface area contributed by atoms with Gasteiger partial charge in [0.1, 0.15) is 5.76 Å². The summed E-state index contributed by atoms with van der Waals surface area (Å²) in [4.78, 5) is 12.9. The standard InChI is InChI=1S/C21H30O3/c1-13-8-6-10-14(2)19(22)20-17(15(3)16(4)23-20)12-18-21(5,24-18)11-7-9-13/h9,14,17-18,20H,3-4,6-8,10-12H2,1-2,5H3/b13-9+/t14-,17-,18+,20+,21+/m0/s1. The van der Waals surface area contributed by atoms with Crippen LogP contribution in [-0.2, 0) is 14.3 Å². The Bertz CT molecular complexity index is 588. The van der Waals surface area contributed by atoms with E-state index < -0.39 is 6.10 Å². The molecule has 3 nitrogen and oxygen atoms in total. The van der Waals surface area contributed by atoms with Crippen LogP contribution < -0.4 is 0 Å². The van der Waals surface area contributed by atoms with E-state index in [4.69, 9.17) is 9.47 Å². The Hall–Kier alpha value is -1.35. The minimum atomic E-state index is -0.423. The summed E-state index contributed by atoms with van der Waals surface area (Å²) in [5, 5.41) is 0. The van der Waals surface area contributed by atoms with Crippen molar-refractivity contribution in [2.45, 2.75) is 77.1 Å². The van der Waals surface area contributed by atoms with Gasteiger partial charge < -0.3 is 9.47 Å². The molecule has 0 aromatic rings. The van der Waals surface area contributed by atoms with Gasteiger partial charge in [0.25, 0.3) is 0 Å². The Morgan fingerprint density at radius 2 is 2.08 bits per heavy atom. The van der Waals surface area contributed by atoms with E-state index in [1.54, 1.807) is 0 Å². The molecule has 0 bridgehead atoms. The van der Waals surface area contributed by atoms with Gasteiger partial charge in [0.15, 0.2) is 11.9 Å². The second kappa shape index (κ2) is 6.51. The molecule has 2 saturated heterocycles. The molecule has 2 aliphatic heterocycles. The lowest BCUT2D eigenvalue weighted by atomic mass is 9.82. The van der Waals surface area contributed by atoms with E-state index in [0.717, 1.165) is 44.1 Å². The van der Waals surface area contributed by atoms with Crippen LogP contribution in [0.1, 0.15) is 59.3 Å². The van der Waals surface area contributed by atoms with Crippen LogP contribution in [0.5, 0.6) is 0 Å². The van der Waals surface area contributed by atoms with Gasteiger partial charge in [-0.25, -0.2) is 0 Å². The average molecular weight is 330 g/mol. The molecule has 3 heteroatoms. The highest BCUT2D eigenvalue weighted by atomic mass is 16.6. The molecule has 3 rings (SSSR count). The first-order valence-electron chi connectivity index (χ1n) is 9.24. The van der Waals surface area contributed by atoms with Gasteiger partial charge in [-0.3, -0.25) is 4.79 Å². The first kappa shape index (κ1) is 17.5. The molecule has 0 N–H and O–H groups in total. The summed E-state index contributed by atoms with van der Waals surface area (Å²) in [6, 6.07) is 0. The third-order valence-corrected chi connectivity index (χ3v) is 6.05. The molecular formula is C21H30O3. The van der Waals surface area contributed by atoms with Crippen LogP contribution in [0.15, 0.2) is 36.1 Å². The van der Waals surface area contributed by atoms with Gasteiger partial charge in [-0.1, -0.05) is 31.7 Å². The van der Waals surface area contributed by atoms with Crippen LogP contribution in [0.25, 0.3) is 0 Å². The number of carbonyl (C=O) groups is 1. The van der Waals surface area contributed by atoms with Crippen molar-refractivity contribution >= 4 is 5.78 Å². The number of hydrogen-bond donors (Lipinski definition) is 0. The number of fused-ring (bicyclic) bond motifs is 2. The van der Waals surface area contributed by atoms with Crippen LogP contribution in [0.2, 0.25) is 0 Å². The molecule has 2 heterocycles. The molecule has 2 fully saturated rings. The topological polar surface area (TPSA) is 38.8 Å². The van der Waals surface area contributed by atoms with Gasteiger partial charge >= 0.3 is 0 Å². The lowest BCUT2D eigenvalue weighted by Gasteiger charge is -2.21. The zero-order valence-electron chi connectivity index (χ0n) is 15.3. The largest absolute Gasteiger partial charge is 0.482 e. The molecule has 0 aromatic carbocycles. The van der Waals surface area contributed by atoms with Crippen molar-refractivity contribution in [3.05, 3.63) is 36.1 Å². The third-order valence-electron chi connectivity index (χ3n) is 6.05. The molecule has 0 amide bonds. The second-order valence-corrected chi connectivity index (χ2v) is 8.03. The summed E-state index contributed by atoms with van der Waals surface area (Å²) in [6.07, 6.45) is 8.02. The van der Waals surface area contributed by atoms with Gasteiger partial charge in [-0.15, -0.1) is 0 Å². The molecule has 1 aliphatic carbocycles. The van der Waals surface area contributed by atoms with Crippen LogP contribution in [-0.4, -0.2) is 23.6 Å². The zero-order chi connectivity index (χ0) is 17.5. The minimum Gasteiger partial charge on any atom is -0.482 e. The van der Waals surface area contributed by atoms with Gasteiger partial charge in [0, 0.05) is 11.8 Å². The number of hydrogen-bond acceptors (Lipinski definition) is 3. The smallest absolute Gasteiger partial charge is 0.176 e. The number of epoxide rings is 1. The quantitative estimate of drug-likeness (QED) is 0.476. The Labute approximate surface area is 145 Å². The Morgan fingerprint density at radius 1 is 1.33 bits per heavy atom. The Morgan fingerprint density at radius 3 is 2.83 bits per heavy atom. The number of ketones is 1. The predicted octanol–water partition coefficient (Wildman–Crippen LogP) is 4.73. The highest BCUT2D eigenvalue weighted by Gasteiger charge is 2.54. The van der Waals surface area contributed by atoms with Gasteiger partial charge in [0.2, 0.25) is 0 Å². The molecule has 0 spiro atoms. The lowest BCUT2D eigenvalue weighted by Crippen LogP contribution is -2.33. The molecule has 0 saturated carbocycles. The average Bonchev–Trinajstić information content (AvgIpc) is 3.08. The maximum atomic E-state index is 12.9. The normalized spacial score (nSPS) is 43.1. The van der Waals surface area contributed by atoms with E-state index in [1.165, 1.54) is 5.57 Å². The van der Waals surface area contributed by atoms with Crippen LogP contribution in [0.3, 0.4) is 0 Å². The van der Waals surface area contributed by atoms with E-state index >= 15 is 0 Å². The molecule has 3 aliphatic rings. The summed E-state index contributed by atoms with van der Waals surface area (Å²) in [5.41, 5.74) is 2.23. The molecule has 0 unspecified atom stereocenters. The van der Waals surface area contributed by atoms with Crippen molar-refractivity contribution in [3.8, 4) is 0 Å². The third kappa shape index (κ3) is 3.37. The van der Waals surface area contributed by atoms with E-state index in [1.807, 2.05) is 6.92 Å². The molecule has 5 atom stereocenters. The fraction of sp³-hybridized carbons (Fsp3) is 0.667. The summed E-state index contributed by atoms with van der Waals surface area (Å²) < 4.78 is 11.8. The first-order valence-corrected chi connectivity index (χ1v) is 9.24. The molecular weight excluding hydrogens is 300 g/mol.